The van der Waals surface area contributed by atoms with Gasteiger partial charge in [-0.05, 0) is 19.1 Å². The minimum absolute atomic E-state index is 0.392. The molecule has 5 heteroatoms. The first-order chi connectivity index (χ1) is 8.80. The molecule has 0 unspecified atom stereocenters. The predicted molar refractivity (Wildman–Crippen MR) is 72.3 cm³/mol. The number of imidazole rings is 1. The average molecular weight is 269 g/mol. The Morgan fingerprint density at radius 3 is 2.89 bits per heavy atom. The lowest BCUT2D eigenvalue weighted by atomic mass is 10.3. The number of alkyl halides is 1. The Labute approximate surface area is 111 Å². The van der Waals surface area contributed by atoms with Crippen LogP contribution in [0.2, 0.25) is 0 Å². The van der Waals surface area contributed by atoms with E-state index in [4.69, 9.17) is 21.1 Å². The maximum Gasteiger partial charge on any atom is 0.124 e. The highest BCUT2D eigenvalue weighted by Crippen LogP contribution is 2.22. The number of ether oxygens (including phenoxy) is 2. The average Bonchev–Trinajstić information content (AvgIpc) is 2.76. The Kier molecular flexibility index (Phi) is 4.44. The molecule has 0 aliphatic rings. The van der Waals surface area contributed by atoms with Crippen LogP contribution in [0.5, 0.6) is 5.75 Å². The number of rotatable bonds is 6. The number of aromatic nitrogens is 2. The molecule has 0 radical (unpaired) electrons. The zero-order chi connectivity index (χ0) is 13.0. The minimum atomic E-state index is 0.392. The molecule has 1 heterocycles. The number of hydrogen-bond donors (Lipinski definition) is 0. The first-order valence-electron chi connectivity index (χ1n) is 5.97. The molecule has 2 aromatic rings. The summed E-state index contributed by atoms with van der Waals surface area (Å²) < 4.78 is 12.7. The van der Waals surface area contributed by atoms with Crippen molar-refractivity contribution in [2.75, 3.05) is 20.3 Å². The van der Waals surface area contributed by atoms with Gasteiger partial charge in [-0.15, -0.1) is 11.6 Å². The molecule has 2 rings (SSSR count). The third-order valence-electron chi connectivity index (χ3n) is 2.82. The number of methoxy groups -OCH3 is 1. The largest absolute Gasteiger partial charge is 0.497 e. The van der Waals surface area contributed by atoms with Crippen molar-refractivity contribution in [2.45, 2.75) is 19.3 Å². The van der Waals surface area contributed by atoms with Crippen LogP contribution in [0.25, 0.3) is 11.0 Å². The Bertz CT molecular complexity index is 525. The second-order valence-corrected chi connectivity index (χ2v) is 4.13. The summed E-state index contributed by atoms with van der Waals surface area (Å²) in [6.45, 7) is 4.13. The fraction of sp³-hybridized carbons (Fsp3) is 0.462. The summed E-state index contributed by atoms with van der Waals surface area (Å²) in [7, 11) is 1.65. The molecule has 0 bridgehead atoms. The molecule has 0 spiro atoms. The van der Waals surface area contributed by atoms with Crippen LogP contribution in [0.3, 0.4) is 0 Å². The van der Waals surface area contributed by atoms with Crippen LogP contribution >= 0.6 is 11.6 Å². The van der Waals surface area contributed by atoms with Crippen LogP contribution in [0.4, 0.5) is 0 Å². The fourth-order valence-electron chi connectivity index (χ4n) is 1.94. The molecule has 98 valence electrons. The van der Waals surface area contributed by atoms with Crippen molar-refractivity contribution in [1.29, 1.82) is 0 Å². The summed E-state index contributed by atoms with van der Waals surface area (Å²) >= 11 is 5.93. The van der Waals surface area contributed by atoms with Crippen molar-refractivity contribution in [3.05, 3.63) is 24.0 Å². The molecular formula is C13H17ClN2O2. The number of halogens is 1. The van der Waals surface area contributed by atoms with E-state index in [0.29, 0.717) is 12.5 Å². The number of hydrogen-bond acceptors (Lipinski definition) is 3. The third-order valence-corrected chi connectivity index (χ3v) is 3.06. The van der Waals surface area contributed by atoms with E-state index in [-0.39, 0.29) is 0 Å². The zero-order valence-corrected chi connectivity index (χ0v) is 11.4. The molecule has 0 saturated carbocycles. The lowest BCUT2D eigenvalue weighted by molar-refractivity contribution is 0.139. The Morgan fingerprint density at radius 1 is 1.39 bits per heavy atom. The Balaban J connectivity index is 2.36. The topological polar surface area (TPSA) is 36.3 Å². The predicted octanol–water partition coefficient (Wildman–Crippen LogP) is 2.82. The van der Waals surface area contributed by atoms with E-state index < -0.39 is 0 Å². The van der Waals surface area contributed by atoms with E-state index in [1.807, 2.05) is 25.1 Å². The van der Waals surface area contributed by atoms with E-state index >= 15 is 0 Å². The summed E-state index contributed by atoms with van der Waals surface area (Å²) in [5, 5.41) is 0. The van der Waals surface area contributed by atoms with Gasteiger partial charge in [-0.3, -0.25) is 0 Å². The number of fused-ring (bicyclic) bond motifs is 1. The van der Waals surface area contributed by atoms with Crippen LogP contribution in [0.1, 0.15) is 12.7 Å². The van der Waals surface area contributed by atoms with Crippen LogP contribution in [0.15, 0.2) is 18.2 Å². The number of benzene rings is 1. The lowest BCUT2D eigenvalue weighted by Gasteiger charge is -2.07. The van der Waals surface area contributed by atoms with Gasteiger partial charge in [0.2, 0.25) is 0 Å². The van der Waals surface area contributed by atoms with Gasteiger partial charge in [-0.1, -0.05) is 0 Å². The van der Waals surface area contributed by atoms with Crippen LogP contribution < -0.4 is 4.74 Å². The molecule has 0 saturated heterocycles. The summed E-state index contributed by atoms with van der Waals surface area (Å²) in [4.78, 5) is 4.51. The molecular weight excluding hydrogens is 252 g/mol. The van der Waals surface area contributed by atoms with Gasteiger partial charge in [0, 0.05) is 19.2 Å². The first-order valence-corrected chi connectivity index (χ1v) is 6.50. The zero-order valence-electron chi connectivity index (χ0n) is 10.6. The molecule has 18 heavy (non-hydrogen) atoms. The van der Waals surface area contributed by atoms with E-state index in [1.54, 1.807) is 7.11 Å². The Morgan fingerprint density at radius 2 is 2.22 bits per heavy atom. The van der Waals surface area contributed by atoms with Crippen LogP contribution in [-0.2, 0) is 17.2 Å². The normalized spacial score (nSPS) is 11.1. The first kappa shape index (κ1) is 13.2. The molecule has 0 N–H and O–H groups in total. The summed E-state index contributed by atoms with van der Waals surface area (Å²) in [6.07, 6.45) is 0. The van der Waals surface area contributed by atoms with Crippen molar-refractivity contribution >= 4 is 22.6 Å². The van der Waals surface area contributed by atoms with Crippen molar-refractivity contribution in [3.8, 4) is 5.75 Å². The molecule has 1 aromatic carbocycles. The highest BCUT2D eigenvalue weighted by molar-refractivity contribution is 6.16. The highest BCUT2D eigenvalue weighted by atomic mass is 35.5. The van der Waals surface area contributed by atoms with Gasteiger partial charge in [0.05, 0.1) is 30.6 Å². The van der Waals surface area contributed by atoms with Gasteiger partial charge >= 0.3 is 0 Å². The van der Waals surface area contributed by atoms with Crippen molar-refractivity contribution in [2.24, 2.45) is 0 Å². The Hall–Kier alpha value is -1.26. The monoisotopic (exact) mass is 268 g/mol. The second-order valence-electron chi connectivity index (χ2n) is 3.86. The van der Waals surface area contributed by atoms with Gasteiger partial charge < -0.3 is 14.0 Å². The molecule has 0 amide bonds. The smallest absolute Gasteiger partial charge is 0.124 e. The standard InChI is InChI=1S/C13H17ClN2O2/c1-3-18-7-6-16-12-5-4-10(17-2)8-11(12)15-13(16)9-14/h4-5,8H,3,6-7,9H2,1-2H3. The summed E-state index contributed by atoms with van der Waals surface area (Å²) in [5.41, 5.74) is 1.97. The fourth-order valence-corrected chi connectivity index (χ4v) is 2.14. The SMILES string of the molecule is CCOCCn1c(CCl)nc2cc(OC)ccc21. The van der Waals surface area contributed by atoms with E-state index in [0.717, 1.165) is 35.8 Å². The molecule has 0 fully saturated rings. The van der Waals surface area contributed by atoms with Gasteiger partial charge in [0.1, 0.15) is 11.6 Å². The lowest BCUT2D eigenvalue weighted by Crippen LogP contribution is -2.08. The molecule has 1 aromatic heterocycles. The van der Waals surface area contributed by atoms with Crippen LogP contribution in [-0.4, -0.2) is 29.9 Å². The van der Waals surface area contributed by atoms with E-state index in [1.165, 1.54) is 0 Å². The molecule has 4 nitrogen and oxygen atoms in total. The maximum absolute atomic E-state index is 5.93. The van der Waals surface area contributed by atoms with Crippen molar-refractivity contribution in [1.82, 2.24) is 9.55 Å². The second kappa shape index (κ2) is 6.07. The van der Waals surface area contributed by atoms with Gasteiger partial charge in [-0.25, -0.2) is 4.98 Å². The van der Waals surface area contributed by atoms with Crippen molar-refractivity contribution in [3.63, 3.8) is 0 Å². The highest BCUT2D eigenvalue weighted by Gasteiger charge is 2.10. The van der Waals surface area contributed by atoms with Crippen molar-refractivity contribution < 1.29 is 9.47 Å². The summed E-state index contributed by atoms with van der Waals surface area (Å²) in [5.74, 6) is 2.06. The van der Waals surface area contributed by atoms with Crippen LogP contribution in [0, 0.1) is 0 Å². The van der Waals surface area contributed by atoms with Gasteiger partial charge in [0.25, 0.3) is 0 Å². The molecule has 0 aliphatic heterocycles. The third kappa shape index (κ3) is 2.60. The maximum atomic E-state index is 5.93. The summed E-state index contributed by atoms with van der Waals surface area (Å²) in [6, 6.07) is 5.85. The molecule has 0 aliphatic carbocycles. The van der Waals surface area contributed by atoms with E-state index in [2.05, 4.69) is 9.55 Å². The minimum Gasteiger partial charge on any atom is -0.497 e. The number of nitrogens with zero attached hydrogens (tertiary/aromatic N) is 2. The van der Waals surface area contributed by atoms with Gasteiger partial charge in [0.15, 0.2) is 0 Å². The van der Waals surface area contributed by atoms with Gasteiger partial charge in [-0.2, -0.15) is 0 Å². The molecule has 0 atom stereocenters. The quantitative estimate of drug-likeness (QED) is 0.597. The van der Waals surface area contributed by atoms with E-state index in [9.17, 15) is 0 Å².